The summed E-state index contributed by atoms with van der Waals surface area (Å²) in [5.74, 6) is -0.362. The molecule has 0 spiro atoms. The zero-order chi connectivity index (χ0) is 15.6. The summed E-state index contributed by atoms with van der Waals surface area (Å²) < 4.78 is 27.9. The van der Waals surface area contributed by atoms with Gasteiger partial charge < -0.3 is 5.11 Å². The van der Waals surface area contributed by atoms with Gasteiger partial charge in [0.25, 0.3) is 10.0 Å². The van der Waals surface area contributed by atoms with E-state index < -0.39 is 10.0 Å². The molecule has 0 N–H and O–H groups in total. The Bertz CT molecular complexity index is 733. The van der Waals surface area contributed by atoms with Crippen LogP contribution in [0.1, 0.15) is 5.56 Å². The van der Waals surface area contributed by atoms with E-state index >= 15 is 0 Å². The van der Waals surface area contributed by atoms with Gasteiger partial charge in [-0.1, -0.05) is 24.0 Å². The van der Waals surface area contributed by atoms with Crippen molar-refractivity contribution in [1.29, 1.82) is 0 Å². The van der Waals surface area contributed by atoms with E-state index in [4.69, 9.17) is 4.84 Å². The second-order valence-electron chi connectivity index (χ2n) is 4.50. The summed E-state index contributed by atoms with van der Waals surface area (Å²) in [6.07, 6.45) is 0.431. The molecule has 0 bridgehead atoms. The van der Waals surface area contributed by atoms with Crippen LogP contribution in [0.5, 0.6) is 0 Å². The highest BCUT2D eigenvalue weighted by Gasteiger charge is 2.35. The molecule has 112 valence electrons. The fraction of sp³-hybridized carbons (Fsp3) is 0.250. The van der Waals surface area contributed by atoms with Crippen LogP contribution in [0, 0.1) is 6.92 Å². The first-order chi connectivity index (χ1) is 9.85. The van der Waals surface area contributed by atoms with E-state index in [1.54, 1.807) is 26.2 Å². The molecule has 1 aromatic rings. The molecule has 1 heterocycles. The third-order valence-electron chi connectivity index (χ3n) is 2.65. The molecule has 0 saturated carbocycles. The summed E-state index contributed by atoms with van der Waals surface area (Å²) in [5, 5.41) is 16.1. The summed E-state index contributed by atoms with van der Waals surface area (Å²) >= 11 is 0. The van der Waals surface area contributed by atoms with Crippen molar-refractivity contribution in [2.24, 2.45) is 9.68 Å². The molecular weight excluding hydrogens is 296 g/mol. The molecule has 0 fully saturated rings. The van der Waals surface area contributed by atoms with Crippen molar-refractivity contribution in [2.75, 3.05) is 14.1 Å². The highest BCUT2D eigenvalue weighted by atomic mass is 32.2. The van der Waals surface area contributed by atoms with Crippen molar-refractivity contribution in [2.45, 2.75) is 11.8 Å². The lowest BCUT2D eigenvalue weighted by Crippen LogP contribution is -2.26. The smallest absolute Gasteiger partial charge is 0.342 e. The monoisotopic (exact) mass is 310 g/mol. The van der Waals surface area contributed by atoms with Crippen LogP contribution in [0.15, 0.2) is 50.8 Å². The Morgan fingerprint density at radius 1 is 1.33 bits per heavy atom. The van der Waals surface area contributed by atoms with E-state index in [0.717, 1.165) is 10.4 Å². The first-order valence-electron chi connectivity index (χ1n) is 5.94. The second-order valence-corrected chi connectivity index (χ2v) is 6.10. The van der Waals surface area contributed by atoms with Crippen LogP contribution in [-0.2, 0) is 14.9 Å². The molecule has 0 unspecified atom stereocenters. The average Bonchev–Trinajstić information content (AvgIpc) is 2.81. The van der Waals surface area contributed by atoms with Crippen molar-refractivity contribution >= 4 is 15.9 Å². The highest BCUT2D eigenvalue weighted by Crippen LogP contribution is 2.18. The number of sulfonamides is 1. The average molecular weight is 310 g/mol. The minimum Gasteiger partial charge on any atom is -0.873 e. The molecule has 9 heteroatoms. The predicted octanol–water partition coefficient (Wildman–Crippen LogP) is 0.170. The lowest BCUT2D eigenvalue weighted by Gasteiger charge is -2.03. The Kier molecular flexibility index (Phi) is 3.94. The fourth-order valence-corrected chi connectivity index (χ4v) is 2.51. The molecule has 2 rings (SSSR count). The van der Waals surface area contributed by atoms with Crippen molar-refractivity contribution in [1.82, 2.24) is 5.01 Å². The van der Waals surface area contributed by atoms with Crippen molar-refractivity contribution < 1.29 is 23.2 Å². The number of aryl methyl sites for hydroxylation is 1. The standard InChI is InChI=1S/C12H14N4O4S/c1-9-4-6-10(7-5-9)21(18,19)13-12-11(8-17)16(14-20-12)15(2)3/h4-8H,1-3H3. The Morgan fingerprint density at radius 2 is 1.95 bits per heavy atom. The molecule has 0 radical (unpaired) electrons. The van der Waals surface area contributed by atoms with Crippen LogP contribution in [0.2, 0.25) is 0 Å². The molecule has 8 nitrogen and oxygen atoms in total. The van der Waals surface area contributed by atoms with Gasteiger partial charge in [-0.3, -0.25) is 4.84 Å². The molecule has 1 aromatic carbocycles. The lowest BCUT2D eigenvalue weighted by atomic mass is 10.2. The van der Waals surface area contributed by atoms with Crippen LogP contribution in [0.25, 0.3) is 0 Å². The van der Waals surface area contributed by atoms with E-state index in [1.165, 1.54) is 17.1 Å². The Balaban J connectivity index is 2.38. The highest BCUT2D eigenvalue weighted by molar-refractivity contribution is 7.90. The van der Waals surface area contributed by atoms with Gasteiger partial charge in [0.15, 0.2) is 0 Å². The molecule has 21 heavy (non-hydrogen) atoms. The SMILES string of the molecule is Cc1ccc(S(=O)(=O)/N=C2\ON=[N+](N(C)C)\C2=C\[O-])cc1. The van der Waals surface area contributed by atoms with Gasteiger partial charge in [0.2, 0.25) is 5.28 Å². The molecule has 0 aromatic heterocycles. The van der Waals surface area contributed by atoms with Gasteiger partial charge in [0.05, 0.1) is 23.8 Å². The third-order valence-corrected chi connectivity index (χ3v) is 3.93. The first kappa shape index (κ1) is 15.0. The zero-order valence-electron chi connectivity index (χ0n) is 11.7. The molecule has 0 amide bonds. The second kappa shape index (κ2) is 5.52. The van der Waals surface area contributed by atoms with Crippen LogP contribution < -0.4 is 5.11 Å². The van der Waals surface area contributed by atoms with Gasteiger partial charge >= 0.3 is 11.6 Å². The van der Waals surface area contributed by atoms with Gasteiger partial charge in [0.1, 0.15) is 0 Å². The molecule has 1 aliphatic rings. The van der Waals surface area contributed by atoms with E-state index in [2.05, 4.69) is 9.68 Å². The van der Waals surface area contributed by atoms with Gasteiger partial charge in [-0.05, 0) is 19.1 Å². The minimum atomic E-state index is -3.97. The number of benzene rings is 1. The van der Waals surface area contributed by atoms with E-state index in [1.807, 2.05) is 6.92 Å². The Labute approximate surface area is 122 Å². The molecule has 0 aliphatic carbocycles. The van der Waals surface area contributed by atoms with E-state index in [-0.39, 0.29) is 16.5 Å². The maximum Gasteiger partial charge on any atom is 0.342 e. The number of nitrogens with zero attached hydrogens (tertiary/aromatic N) is 4. The maximum absolute atomic E-state index is 12.2. The summed E-state index contributed by atoms with van der Waals surface area (Å²) in [7, 11) is -0.737. The number of hydrogen-bond donors (Lipinski definition) is 0. The first-order valence-corrected chi connectivity index (χ1v) is 7.38. The Hall–Kier alpha value is -2.42. The van der Waals surface area contributed by atoms with E-state index in [0.29, 0.717) is 6.26 Å². The van der Waals surface area contributed by atoms with E-state index in [9.17, 15) is 13.5 Å². The fourth-order valence-electron chi connectivity index (χ4n) is 1.58. The summed E-state index contributed by atoms with van der Waals surface area (Å²) in [4.78, 5) is 5.94. The third kappa shape index (κ3) is 3.02. The topological polar surface area (TPSA) is 97.4 Å². The minimum absolute atomic E-state index is 0.0118. The van der Waals surface area contributed by atoms with Gasteiger partial charge in [-0.2, -0.15) is 13.4 Å². The lowest BCUT2D eigenvalue weighted by molar-refractivity contribution is -0.695. The van der Waals surface area contributed by atoms with Crippen LogP contribution in [0.3, 0.4) is 0 Å². The number of rotatable bonds is 3. The molecule has 0 saturated heterocycles. The van der Waals surface area contributed by atoms with Gasteiger partial charge in [-0.15, -0.1) is 4.40 Å². The maximum atomic E-state index is 12.2. The van der Waals surface area contributed by atoms with Crippen molar-refractivity contribution in [3.63, 3.8) is 0 Å². The molecule has 1 aliphatic heterocycles. The number of hydrazine groups is 1. The summed E-state index contributed by atoms with van der Waals surface area (Å²) in [6.45, 7) is 1.84. The normalized spacial score (nSPS) is 18.7. The van der Waals surface area contributed by atoms with Crippen LogP contribution in [0.4, 0.5) is 0 Å². The number of hydrogen-bond acceptors (Lipinski definition) is 6. The van der Waals surface area contributed by atoms with Gasteiger partial charge in [0, 0.05) is 0 Å². The summed E-state index contributed by atoms with van der Waals surface area (Å²) in [5.41, 5.74) is 0.836. The zero-order valence-corrected chi connectivity index (χ0v) is 12.5. The largest absolute Gasteiger partial charge is 0.873 e. The predicted molar refractivity (Wildman–Crippen MR) is 71.3 cm³/mol. The van der Waals surface area contributed by atoms with Crippen molar-refractivity contribution in [3.8, 4) is 0 Å². The Morgan fingerprint density at radius 3 is 2.48 bits per heavy atom. The quantitative estimate of drug-likeness (QED) is 0.585. The van der Waals surface area contributed by atoms with Gasteiger partial charge in [-0.25, -0.2) is 0 Å². The summed E-state index contributed by atoms with van der Waals surface area (Å²) in [6, 6.07) is 6.18. The molecular formula is C12H14N4O4S. The van der Waals surface area contributed by atoms with Crippen LogP contribution in [-0.4, -0.2) is 38.2 Å². The molecule has 0 atom stereocenters. The van der Waals surface area contributed by atoms with Crippen molar-refractivity contribution in [3.05, 3.63) is 41.8 Å². The van der Waals surface area contributed by atoms with Crippen LogP contribution >= 0.6 is 0 Å².